The SMILES string of the molecule is c1ccc(-c2ccc(-c3nc(-c4ccccc4)nc(-c4cccc(-c5cc6c7cc(-c8ccccc8)ccc7oc6c6ccccc56)c4)n3)cc2)cc1. The lowest BCUT2D eigenvalue weighted by Gasteiger charge is -2.12. The molecule has 10 aromatic rings. The van der Waals surface area contributed by atoms with Crippen LogP contribution in [-0.2, 0) is 0 Å². The Labute approximate surface area is 306 Å². The van der Waals surface area contributed by atoms with Crippen LogP contribution >= 0.6 is 0 Å². The smallest absolute Gasteiger partial charge is 0.164 e. The molecule has 4 nitrogen and oxygen atoms in total. The van der Waals surface area contributed by atoms with E-state index in [4.69, 9.17) is 19.4 Å². The number of fused-ring (bicyclic) bond motifs is 5. The van der Waals surface area contributed by atoms with E-state index in [1.54, 1.807) is 0 Å². The van der Waals surface area contributed by atoms with Crippen molar-refractivity contribution in [1.82, 2.24) is 15.0 Å². The maximum Gasteiger partial charge on any atom is 0.164 e. The summed E-state index contributed by atoms with van der Waals surface area (Å²) < 4.78 is 6.56. The third kappa shape index (κ3) is 5.63. The zero-order valence-corrected chi connectivity index (χ0v) is 28.6. The van der Waals surface area contributed by atoms with Gasteiger partial charge in [-0.3, -0.25) is 0 Å². The topological polar surface area (TPSA) is 51.8 Å². The largest absolute Gasteiger partial charge is 0.455 e. The number of rotatable bonds is 6. The lowest BCUT2D eigenvalue weighted by molar-refractivity contribution is 0.673. The van der Waals surface area contributed by atoms with Gasteiger partial charge >= 0.3 is 0 Å². The lowest BCUT2D eigenvalue weighted by atomic mass is 9.94. The molecule has 0 saturated heterocycles. The molecule has 0 aliphatic heterocycles. The van der Waals surface area contributed by atoms with Crippen LogP contribution in [-0.4, -0.2) is 15.0 Å². The first-order valence-corrected chi connectivity index (χ1v) is 17.8. The number of hydrogen-bond donors (Lipinski definition) is 0. The Kier molecular flexibility index (Phi) is 7.43. The maximum atomic E-state index is 6.56. The molecule has 0 N–H and O–H groups in total. The van der Waals surface area contributed by atoms with Gasteiger partial charge in [-0.25, -0.2) is 15.0 Å². The van der Waals surface area contributed by atoms with Crippen LogP contribution in [0.4, 0.5) is 0 Å². The minimum atomic E-state index is 0.620. The van der Waals surface area contributed by atoms with Crippen molar-refractivity contribution < 1.29 is 4.42 Å². The molecule has 2 heterocycles. The van der Waals surface area contributed by atoms with E-state index in [0.717, 1.165) is 71.7 Å². The van der Waals surface area contributed by atoms with E-state index in [2.05, 4.69) is 146 Å². The van der Waals surface area contributed by atoms with Gasteiger partial charge in [-0.15, -0.1) is 0 Å². The predicted molar refractivity (Wildman–Crippen MR) is 217 cm³/mol. The van der Waals surface area contributed by atoms with Gasteiger partial charge in [0.05, 0.1) is 0 Å². The molecule has 0 radical (unpaired) electrons. The van der Waals surface area contributed by atoms with Crippen molar-refractivity contribution in [2.24, 2.45) is 0 Å². The van der Waals surface area contributed by atoms with Gasteiger partial charge in [0, 0.05) is 32.8 Å². The molecule has 0 saturated carbocycles. The highest BCUT2D eigenvalue weighted by molar-refractivity contribution is 6.19. The molecule has 53 heavy (non-hydrogen) atoms. The van der Waals surface area contributed by atoms with Gasteiger partial charge in [0.15, 0.2) is 17.5 Å². The normalized spacial score (nSPS) is 11.4. The van der Waals surface area contributed by atoms with Crippen LogP contribution in [0.2, 0.25) is 0 Å². The monoisotopic (exact) mass is 677 g/mol. The van der Waals surface area contributed by atoms with E-state index < -0.39 is 0 Å². The van der Waals surface area contributed by atoms with E-state index >= 15 is 0 Å². The summed E-state index contributed by atoms with van der Waals surface area (Å²) in [7, 11) is 0. The molecule has 0 unspecified atom stereocenters. The van der Waals surface area contributed by atoms with Crippen LogP contribution in [0.3, 0.4) is 0 Å². The molecule has 0 aliphatic carbocycles. The predicted octanol–water partition coefficient (Wildman–Crippen LogP) is 12.9. The number of hydrogen-bond acceptors (Lipinski definition) is 4. The van der Waals surface area contributed by atoms with Crippen LogP contribution in [0.5, 0.6) is 0 Å². The fourth-order valence-electron chi connectivity index (χ4n) is 7.27. The van der Waals surface area contributed by atoms with Crippen molar-refractivity contribution in [2.45, 2.75) is 0 Å². The van der Waals surface area contributed by atoms with Gasteiger partial charge < -0.3 is 4.42 Å². The second-order valence-electron chi connectivity index (χ2n) is 13.2. The van der Waals surface area contributed by atoms with E-state index in [9.17, 15) is 0 Å². The van der Waals surface area contributed by atoms with Crippen molar-refractivity contribution in [2.75, 3.05) is 0 Å². The van der Waals surface area contributed by atoms with Crippen molar-refractivity contribution in [3.05, 3.63) is 188 Å². The average Bonchev–Trinajstić information content (AvgIpc) is 3.62. The van der Waals surface area contributed by atoms with Crippen molar-refractivity contribution in [3.8, 4) is 67.5 Å². The van der Waals surface area contributed by atoms with Crippen LogP contribution in [0, 0.1) is 0 Å². The second kappa shape index (κ2) is 12.9. The van der Waals surface area contributed by atoms with Gasteiger partial charge in [-0.05, 0) is 63.0 Å². The Hall–Kier alpha value is -7.17. The standard InChI is InChI=1S/C49H31N3O/c1-4-13-32(14-5-1)34-23-25-36(26-24-34)48-50-47(35-17-8-3-9-18-35)51-49(52-48)39-20-12-19-38(29-39)42-31-44-43-30-37(33-15-6-2-7-16-33)27-28-45(43)53-46(44)41-22-11-10-21-40(41)42/h1-31H. The number of nitrogens with zero attached hydrogens (tertiary/aromatic N) is 3. The van der Waals surface area contributed by atoms with E-state index in [1.165, 1.54) is 11.1 Å². The molecule has 8 aromatic carbocycles. The maximum absolute atomic E-state index is 6.56. The Balaban J connectivity index is 1.12. The molecule has 2 aromatic heterocycles. The zero-order chi connectivity index (χ0) is 35.1. The highest BCUT2D eigenvalue weighted by Gasteiger charge is 2.17. The molecular weight excluding hydrogens is 647 g/mol. The zero-order valence-electron chi connectivity index (χ0n) is 28.6. The molecule has 0 fully saturated rings. The summed E-state index contributed by atoms with van der Waals surface area (Å²) in [5.74, 6) is 1.88. The summed E-state index contributed by atoms with van der Waals surface area (Å²) in [6.45, 7) is 0. The third-order valence-electron chi connectivity index (χ3n) is 9.93. The van der Waals surface area contributed by atoms with Gasteiger partial charge in [0.25, 0.3) is 0 Å². The van der Waals surface area contributed by atoms with Gasteiger partial charge in [-0.1, -0.05) is 164 Å². The molecule has 0 bridgehead atoms. The fraction of sp³-hybridized carbons (Fsp3) is 0. The quantitative estimate of drug-likeness (QED) is 0.176. The molecule has 4 heteroatoms. The summed E-state index contributed by atoms with van der Waals surface area (Å²) in [5, 5.41) is 4.39. The molecule has 0 amide bonds. The van der Waals surface area contributed by atoms with Crippen molar-refractivity contribution >= 4 is 32.7 Å². The minimum absolute atomic E-state index is 0.620. The first kappa shape index (κ1) is 30.6. The average molecular weight is 678 g/mol. The van der Waals surface area contributed by atoms with Gasteiger partial charge in [0.2, 0.25) is 0 Å². The summed E-state index contributed by atoms with van der Waals surface area (Å²) >= 11 is 0. The summed E-state index contributed by atoms with van der Waals surface area (Å²) in [4.78, 5) is 15.1. The lowest BCUT2D eigenvalue weighted by Crippen LogP contribution is -2.00. The second-order valence-corrected chi connectivity index (χ2v) is 13.2. The van der Waals surface area contributed by atoms with Gasteiger partial charge in [-0.2, -0.15) is 0 Å². The molecule has 10 rings (SSSR count). The first-order valence-electron chi connectivity index (χ1n) is 17.8. The third-order valence-corrected chi connectivity index (χ3v) is 9.93. The highest BCUT2D eigenvalue weighted by Crippen LogP contribution is 2.41. The van der Waals surface area contributed by atoms with Crippen LogP contribution in [0.25, 0.3) is 100 Å². The van der Waals surface area contributed by atoms with Crippen LogP contribution in [0.1, 0.15) is 0 Å². The Morgan fingerprint density at radius 3 is 1.43 bits per heavy atom. The summed E-state index contributed by atoms with van der Waals surface area (Å²) in [6, 6.07) is 65.2. The molecule has 0 atom stereocenters. The van der Waals surface area contributed by atoms with E-state index in [1.807, 2.05) is 42.5 Å². The minimum Gasteiger partial charge on any atom is -0.455 e. The number of benzene rings is 8. The van der Waals surface area contributed by atoms with Crippen LogP contribution < -0.4 is 0 Å². The number of furan rings is 1. The molecular formula is C49H31N3O. The Morgan fingerprint density at radius 1 is 0.283 bits per heavy atom. The highest BCUT2D eigenvalue weighted by atomic mass is 16.3. The summed E-state index contributed by atoms with van der Waals surface area (Å²) in [5.41, 5.74) is 11.4. The fourth-order valence-corrected chi connectivity index (χ4v) is 7.27. The van der Waals surface area contributed by atoms with Crippen molar-refractivity contribution in [3.63, 3.8) is 0 Å². The van der Waals surface area contributed by atoms with E-state index in [-0.39, 0.29) is 0 Å². The van der Waals surface area contributed by atoms with Crippen LogP contribution in [0.15, 0.2) is 192 Å². The van der Waals surface area contributed by atoms with E-state index in [0.29, 0.717) is 17.5 Å². The first-order chi connectivity index (χ1) is 26.2. The Bertz CT molecular complexity index is 2920. The number of aromatic nitrogens is 3. The van der Waals surface area contributed by atoms with Crippen molar-refractivity contribution in [1.29, 1.82) is 0 Å². The Morgan fingerprint density at radius 2 is 0.755 bits per heavy atom. The summed E-state index contributed by atoms with van der Waals surface area (Å²) in [6.07, 6.45) is 0. The molecule has 0 aliphatic rings. The van der Waals surface area contributed by atoms with Gasteiger partial charge in [0.1, 0.15) is 11.2 Å². The molecule has 248 valence electrons. The molecule has 0 spiro atoms.